The third kappa shape index (κ3) is 4.29. The maximum Gasteiger partial charge on any atom is 0.317 e. The Morgan fingerprint density at radius 3 is 2.43 bits per heavy atom. The molecule has 1 heterocycles. The van der Waals surface area contributed by atoms with Crippen molar-refractivity contribution in [3.63, 3.8) is 0 Å². The maximum atomic E-state index is 12.7. The van der Waals surface area contributed by atoms with Crippen molar-refractivity contribution >= 4 is 27.5 Å². The zero-order valence-corrected chi connectivity index (χ0v) is 14.6. The first-order chi connectivity index (χ1) is 11.0. The highest BCUT2D eigenvalue weighted by atomic mass is 35.5. The van der Waals surface area contributed by atoms with Crippen molar-refractivity contribution in [3.05, 3.63) is 24.3 Å². The number of sulfone groups is 1. The van der Waals surface area contributed by atoms with Gasteiger partial charge in [0.25, 0.3) is 0 Å². The molecule has 23 heavy (non-hydrogen) atoms. The van der Waals surface area contributed by atoms with E-state index in [1.807, 2.05) is 0 Å². The van der Waals surface area contributed by atoms with Gasteiger partial charge in [0.15, 0.2) is 9.84 Å². The number of likely N-dealkylation sites (tertiary alicyclic amines) is 1. The average molecular weight is 361 g/mol. The van der Waals surface area contributed by atoms with E-state index in [1.165, 1.54) is 7.11 Å². The molecular formula is C15H21ClN2O4S. The summed E-state index contributed by atoms with van der Waals surface area (Å²) in [5.74, 6) is 0.975. The number of halogens is 1. The largest absolute Gasteiger partial charge is 0.497 e. The van der Waals surface area contributed by atoms with Gasteiger partial charge in [0, 0.05) is 25.5 Å². The third-order valence-electron chi connectivity index (χ3n) is 3.93. The molecule has 0 atom stereocenters. The van der Waals surface area contributed by atoms with Gasteiger partial charge in [-0.05, 0) is 37.1 Å². The first-order valence-corrected chi connectivity index (χ1v) is 9.54. The Hall–Kier alpha value is -1.47. The summed E-state index contributed by atoms with van der Waals surface area (Å²) in [6.07, 6.45) is 0.866. The predicted molar refractivity (Wildman–Crippen MR) is 88.9 cm³/mol. The SMILES string of the molecule is COc1ccc(S(=O)(=O)C2CCN(C(=O)NCCCl)CC2)cc1. The summed E-state index contributed by atoms with van der Waals surface area (Å²) in [6, 6.07) is 6.22. The van der Waals surface area contributed by atoms with Gasteiger partial charge in [0.1, 0.15) is 5.75 Å². The first kappa shape index (κ1) is 17.9. The number of carbonyl (C=O) groups is 1. The number of alkyl halides is 1. The Balaban J connectivity index is 1.99. The minimum absolute atomic E-state index is 0.189. The van der Waals surface area contributed by atoms with Crippen LogP contribution in [-0.2, 0) is 9.84 Å². The number of nitrogens with one attached hydrogen (secondary N) is 1. The number of piperidine rings is 1. The Bertz CT molecular complexity index is 625. The molecule has 0 spiro atoms. The summed E-state index contributed by atoms with van der Waals surface area (Å²) in [6.45, 7) is 1.26. The van der Waals surface area contributed by atoms with Crippen molar-refractivity contribution < 1.29 is 17.9 Å². The minimum atomic E-state index is -3.39. The van der Waals surface area contributed by atoms with E-state index >= 15 is 0 Å². The van der Waals surface area contributed by atoms with E-state index in [0.29, 0.717) is 49.0 Å². The quantitative estimate of drug-likeness (QED) is 0.813. The second-order valence-electron chi connectivity index (χ2n) is 5.33. The van der Waals surface area contributed by atoms with E-state index < -0.39 is 15.1 Å². The zero-order valence-electron chi connectivity index (χ0n) is 13.0. The molecule has 0 aliphatic carbocycles. The van der Waals surface area contributed by atoms with Gasteiger partial charge in [-0.15, -0.1) is 11.6 Å². The van der Waals surface area contributed by atoms with Crippen LogP contribution in [0.15, 0.2) is 29.2 Å². The van der Waals surface area contributed by atoms with E-state index in [9.17, 15) is 13.2 Å². The lowest BCUT2D eigenvalue weighted by atomic mass is 10.1. The summed E-state index contributed by atoms with van der Waals surface area (Å²) >= 11 is 5.54. The van der Waals surface area contributed by atoms with Crippen LogP contribution in [0, 0.1) is 0 Å². The van der Waals surface area contributed by atoms with Crippen LogP contribution in [0.25, 0.3) is 0 Å². The van der Waals surface area contributed by atoms with E-state index in [-0.39, 0.29) is 6.03 Å². The van der Waals surface area contributed by atoms with Gasteiger partial charge in [-0.1, -0.05) is 0 Å². The molecule has 128 valence electrons. The van der Waals surface area contributed by atoms with Gasteiger partial charge in [0.05, 0.1) is 17.3 Å². The lowest BCUT2D eigenvalue weighted by Gasteiger charge is -2.31. The van der Waals surface area contributed by atoms with Gasteiger partial charge in [-0.3, -0.25) is 0 Å². The number of rotatable bonds is 5. The molecule has 0 unspecified atom stereocenters. The number of carbonyl (C=O) groups excluding carboxylic acids is 1. The number of benzene rings is 1. The van der Waals surface area contributed by atoms with Gasteiger partial charge in [0.2, 0.25) is 0 Å². The number of amides is 2. The van der Waals surface area contributed by atoms with Crippen LogP contribution in [0.5, 0.6) is 5.75 Å². The molecule has 1 aromatic rings. The molecule has 8 heteroatoms. The van der Waals surface area contributed by atoms with Crippen molar-refractivity contribution in [3.8, 4) is 5.75 Å². The number of nitrogens with zero attached hydrogens (tertiary/aromatic N) is 1. The van der Waals surface area contributed by atoms with Crippen molar-refractivity contribution in [2.75, 3.05) is 32.6 Å². The second-order valence-corrected chi connectivity index (χ2v) is 7.93. The minimum Gasteiger partial charge on any atom is -0.497 e. The monoisotopic (exact) mass is 360 g/mol. The number of methoxy groups -OCH3 is 1. The van der Waals surface area contributed by atoms with E-state index in [2.05, 4.69) is 5.32 Å². The molecule has 1 saturated heterocycles. The van der Waals surface area contributed by atoms with Gasteiger partial charge in [-0.2, -0.15) is 0 Å². The molecule has 0 bridgehead atoms. The molecule has 0 radical (unpaired) electrons. The summed E-state index contributed by atoms with van der Waals surface area (Å²) in [4.78, 5) is 13.8. The Labute approximate surface area is 141 Å². The zero-order chi connectivity index (χ0) is 16.9. The maximum absolute atomic E-state index is 12.7. The van der Waals surface area contributed by atoms with Gasteiger partial charge in [-0.25, -0.2) is 13.2 Å². The molecule has 6 nitrogen and oxygen atoms in total. The van der Waals surface area contributed by atoms with Crippen LogP contribution in [0.1, 0.15) is 12.8 Å². The number of urea groups is 1. The highest BCUT2D eigenvalue weighted by Gasteiger charge is 2.32. The molecule has 1 N–H and O–H groups in total. The van der Waals surface area contributed by atoms with Gasteiger partial charge >= 0.3 is 6.03 Å². The molecule has 2 amide bonds. The number of hydrogen-bond acceptors (Lipinski definition) is 4. The van der Waals surface area contributed by atoms with Crippen molar-refractivity contribution in [2.24, 2.45) is 0 Å². The fourth-order valence-electron chi connectivity index (χ4n) is 2.59. The molecule has 2 rings (SSSR count). The highest BCUT2D eigenvalue weighted by molar-refractivity contribution is 7.92. The third-order valence-corrected chi connectivity index (χ3v) is 6.39. The lowest BCUT2D eigenvalue weighted by molar-refractivity contribution is 0.187. The fraction of sp³-hybridized carbons (Fsp3) is 0.533. The summed E-state index contributed by atoms with van der Waals surface area (Å²) in [5.41, 5.74) is 0. The second kappa shape index (κ2) is 7.88. The van der Waals surface area contributed by atoms with Crippen LogP contribution in [0.3, 0.4) is 0 Å². The Morgan fingerprint density at radius 1 is 1.30 bits per heavy atom. The molecule has 0 saturated carbocycles. The van der Waals surface area contributed by atoms with E-state index in [0.717, 1.165) is 0 Å². The molecule has 1 fully saturated rings. The first-order valence-electron chi connectivity index (χ1n) is 7.45. The topological polar surface area (TPSA) is 75.7 Å². The van der Waals surface area contributed by atoms with Crippen LogP contribution < -0.4 is 10.1 Å². The van der Waals surface area contributed by atoms with E-state index in [1.54, 1.807) is 29.2 Å². The fourth-order valence-corrected chi connectivity index (χ4v) is 4.42. The number of hydrogen-bond donors (Lipinski definition) is 1. The molecule has 1 aliphatic heterocycles. The van der Waals surface area contributed by atoms with Crippen LogP contribution in [0.2, 0.25) is 0 Å². The van der Waals surface area contributed by atoms with Crippen molar-refractivity contribution in [1.29, 1.82) is 0 Å². The highest BCUT2D eigenvalue weighted by Crippen LogP contribution is 2.26. The smallest absolute Gasteiger partial charge is 0.317 e. The Morgan fingerprint density at radius 2 is 1.91 bits per heavy atom. The number of ether oxygens (including phenoxy) is 1. The van der Waals surface area contributed by atoms with Crippen molar-refractivity contribution in [2.45, 2.75) is 23.0 Å². The average Bonchev–Trinajstić information content (AvgIpc) is 2.59. The summed E-state index contributed by atoms with van der Waals surface area (Å²) in [7, 11) is -1.85. The molecular weight excluding hydrogens is 340 g/mol. The summed E-state index contributed by atoms with van der Waals surface area (Å²) in [5, 5.41) is 2.23. The van der Waals surface area contributed by atoms with Crippen LogP contribution in [-0.4, -0.2) is 57.2 Å². The van der Waals surface area contributed by atoms with Gasteiger partial charge < -0.3 is 15.0 Å². The summed E-state index contributed by atoms with van der Waals surface area (Å²) < 4.78 is 30.4. The lowest BCUT2D eigenvalue weighted by Crippen LogP contribution is -2.47. The van der Waals surface area contributed by atoms with Crippen LogP contribution >= 0.6 is 11.6 Å². The predicted octanol–water partition coefficient (Wildman–Crippen LogP) is 1.88. The molecule has 1 aliphatic rings. The van der Waals surface area contributed by atoms with Crippen LogP contribution in [0.4, 0.5) is 4.79 Å². The Kier molecular flexibility index (Phi) is 6.12. The standard InChI is InChI=1S/C15H21ClN2O4S/c1-22-12-2-4-13(5-3-12)23(20,21)14-6-10-18(11-7-14)15(19)17-9-8-16/h2-5,14H,6-11H2,1H3,(H,17,19). The van der Waals surface area contributed by atoms with E-state index in [4.69, 9.17) is 16.3 Å². The van der Waals surface area contributed by atoms with Crippen molar-refractivity contribution in [1.82, 2.24) is 10.2 Å². The molecule has 0 aromatic heterocycles. The normalized spacial score (nSPS) is 16.2. The molecule has 1 aromatic carbocycles.